The van der Waals surface area contributed by atoms with Crippen LogP contribution in [0.5, 0.6) is 0 Å². The molecular weight excluding hydrogens is 140 g/mol. The highest BCUT2D eigenvalue weighted by atomic mass is 35.5. The number of hydrogen-bond donors (Lipinski definition) is 0. The lowest BCUT2D eigenvalue weighted by atomic mass is 10.2. The first-order valence-electron chi connectivity index (χ1n) is 2.77. The van der Waals surface area contributed by atoms with Gasteiger partial charge in [-0.3, -0.25) is 0 Å². The monoisotopic (exact) mass is 152 g/mol. The van der Waals surface area contributed by atoms with E-state index in [1.165, 1.54) is 0 Å². The second kappa shape index (κ2) is 3.40. The molecular formula is C6H13ClO2. The summed E-state index contributed by atoms with van der Waals surface area (Å²) in [4.78, 5) is -0.455. The van der Waals surface area contributed by atoms with Crippen molar-refractivity contribution in [3.8, 4) is 0 Å². The van der Waals surface area contributed by atoms with Gasteiger partial charge in [-0.2, -0.15) is 0 Å². The molecule has 3 heteroatoms. The third-order valence-electron chi connectivity index (χ3n) is 0.989. The Labute approximate surface area is 61.1 Å². The molecule has 0 N–H and O–H groups in total. The minimum Gasteiger partial charge on any atom is -0.354 e. The van der Waals surface area contributed by atoms with Gasteiger partial charge in [-0.1, -0.05) is 0 Å². The van der Waals surface area contributed by atoms with E-state index in [1.807, 2.05) is 13.8 Å². The summed E-state index contributed by atoms with van der Waals surface area (Å²) < 4.78 is 9.82. The van der Waals surface area contributed by atoms with Crippen LogP contribution in [0.15, 0.2) is 0 Å². The summed E-state index contributed by atoms with van der Waals surface area (Å²) in [6.07, 6.45) is -0.334. The van der Waals surface area contributed by atoms with Gasteiger partial charge in [-0.05, 0) is 13.8 Å². The highest BCUT2D eigenvalue weighted by Crippen LogP contribution is 2.20. The van der Waals surface area contributed by atoms with Crippen LogP contribution in [-0.4, -0.2) is 25.4 Å². The molecule has 0 aromatic carbocycles. The minimum atomic E-state index is -0.455. The van der Waals surface area contributed by atoms with Crippen LogP contribution in [0.3, 0.4) is 0 Å². The summed E-state index contributed by atoms with van der Waals surface area (Å²) >= 11 is 5.85. The van der Waals surface area contributed by atoms with E-state index in [0.717, 1.165) is 0 Å². The smallest absolute Gasteiger partial charge is 0.175 e. The third kappa shape index (κ3) is 3.04. The molecule has 0 aliphatic carbocycles. The van der Waals surface area contributed by atoms with Gasteiger partial charge in [0.1, 0.15) is 0 Å². The van der Waals surface area contributed by atoms with Gasteiger partial charge in [0, 0.05) is 14.2 Å². The van der Waals surface area contributed by atoms with Crippen molar-refractivity contribution < 1.29 is 9.47 Å². The Morgan fingerprint density at radius 3 is 1.56 bits per heavy atom. The molecule has 0 radical (unpaired) electrons. The summed E-state index contributed by atoms with van der Waals surface area (Å²) in [6, 6.07) is 0. The maximum absolute atomic E-state index is 5.85. The number of ether oxygens (including phenoxy) is 2. The third-order valence-corrected chi connectivity index (χ3v) is 1.17. The van der Waals surface area contributed by atoms with Crippen LogP contribution in [0.4, 0.5) is 0 Å². The van der Waals surface area contributed by atoms with E-state index in [-0.39, 0.29) is 6.29 Å². The standard InChI is InChI=1S/C6H13ClO2/c1-6(2,7)5(8-3)9-4/h5H,1-4H3. The average Bonchev–Trinajstić information content (AvgIpc) is 1.65. The van der Waals surface area contributed by atoms with Gasteiger partial charge in [0.25, 0.3) is 0 Å². The first-order valence-corrected chi connectivity index (χ1v) is 3.14. The van der Waals surface area contributed by atoms with Crippen molar-refractivity contribution >= 4 is 11.6 Å². The van der Waals surface area contributed by atoms with Crippen LogP contribution in [0, 0.1) is 0 Å². The normalized spacial score (nSPS) is 12.7. The zero-order valence-corrected chi connectivity index (χ0v) is 7.03. The second-order valence-electron chi connectivity index (χ2n) is 2.37. The first-order chi connectivity index (χ1) is 4.02. The summed E-state index contributed by atoms with van der Waals surface area (Å²) in [7, 11) is 3.14. The van der Waals surface area contributed by atoms with Crippen LogP contribution in [0.25, 0.3) is 0 Å². The van der Waals surface area contributed by atoms with Crippen molar-refractivity contribution in [1.29, 1.82) is 0 Å². The highest BCUT2D eigenvalue weighted by molar-refractivity contribution is 6.23. The molecule has 0 unspecified atom stereocenters. The fourth-order valence-electron chi connectivity index (χ4n) is 0.657. The molecule has 0 atom stereocenters. The van der Waals surface area contributed by atoms with E-state index in [9.17, 15) is 0 Å². The molecule has 0 heterocycles. The molecule has 2 nitrogen and oxygen atoms in total. The Hall–Kier alpha value is 0.210. The van der Waals surface area contributed by atoms with E-state index in [4.69, 9.17) is 21.1 Å². The molecule has 0 aliphatic heterocycles. The van der Waals surface area contributed by atoms with Crippen molar-refractivity contribution in [2.75, 3.05) is 14.2 Å². The number of halogens is 1. The molecule has 0 saturated heterocycles. The van der Waals surface area contributed by atoms with Gasteiger partial charge >= 0.3 is 0 Å². The predicted molar refractivity (Wildman–Crippen MR) is 37.7 cm³/mol. The topological polar surface area (TPSA) is 18.5 Å². The van der Waals surface area contributed by atoms with Gasteiger partial charge in [0.05, 0.1) is 4.87 Å². The largest absolute Gasteiger partial charge is 0.354 e. The Morgan fingerprint density at radius 1 is 1.22 bits per heavy atom. The predicted octanol–water partition coefficient (Wildman–Crippen LogP) is 1.62. The first kappa shape index (κ1) is 9.21. The van der Waals surface area contributed by atoms with Crippen LogP contribution < -0.4 is 0 Å². The Kier molecular flexibility index (Phi) is 3.48. The summed E-state index contributed by atoms with van der Waals surface area (Å²) in [5.74, 6) is 0. The van der Waals surface area contributed by atoms with Gasteiger partial charge < -0.3 is 9.47 Å². The molecule has 0 bridgehead atoms. The Morgan fingerprint density at radius 2 is 1.56 bits per heavy atom. The van der Waals surface area contributed by atoms with E-state index in [1.54, 1.807) is 14.2 Å². The van der Waals surface area contributed by atoms with Gasteiger partial charge in [0.2, 0.25) is 0 Å². The Balaban J connectivity index is 3.79. The maximum Gasteiger partial charge on any atom is 0.175 e. The van der Waals surface area contributed by atoms with Crippen LogP contribution in [-0.2, 0) is 9.47 Å². The van der Waals surface area contributed by atoms with E-state index < -0.39 is 4.87 Å². The molecule has 0 aliphatic rings. The van der Waals surface area contributed by atoms with Crippen molar-refractivity contribution in [3.05, 3.63) is 0 Å². The quantitative estimate of drug-likeness (QED) is 0.452. The molecule has 0 fully saturated rings. The molecule has 0 aromatic heterocycles. The van der Waals surface area contributed by atoms with Crippen LogP contribution in [0.1, 0.15) is 13.8 Å². The number of hydrogen-bond acceptors (Lipinski definition) is 2. The molecule has 0 rings (SSSR count). The Bertz CT molecular complexity index is 73.6. The summed E-state index contributed by atoms with van der Waals surface area (Å²) in [5.41, 5.74) is 0. The van der Waals surface area contributed by atoms with Crippen molar-refractivity contribution in [3.63, 3.8) is 0 Å². The molecule has 0 aromatic rings. The lowest BCUT2D eigenvalue weighted by Crippen LogP contribution is -2.33. The van der Waals surface area contributed by atoms with E-state index in [0.29, 0.717) is 0 Å². The van der Waals surface area contributed by atoms with Gasteiger partial charge in [0.15, 0.2) is 6.29 Å². The van der Waals surface area contributed by atoms with Crippen molar-refractivity contribution in [2.45, 2.75) is 25.0 Å². The molecule has 0 amide bonds. The average molecular weight is 153 g/mol. The lowest BCUT2D eigenvalue weighted by Gasteiger charge is -2.24. The zero-order valence-electron chi connectivity index (χ0n) is 6.27. The maximum atomic E-state index is 5.85. The highest BCUT2D eigenvalue weighted by Gasteiger charge is 2.26. The lowest BCUT2D eigenvalue weighted by molar-refractivity contribution is -0.120. The SMILES string of the molecule is COC(OC)C(C)(C)Cl. The van der Waals surface area contributed by atoms with Gasteiger partial charge in [-0.25, -0.2) is 0 Å². The number of alkyl halides is 1. The fourth-order valence-corrected chi connectivity index (χ4v) is 0.835. The molecule has 0 saturated carbocycles. The molecule has 9 heavy (non-hydrogen) atoms. The minimum absolute atomic E-state index is 0.334. The number of methoxy groups -OCH3 is 2. The summed E-state index contributed by atoms with van der Waals surface area (Å²) in [5, 5.41) is 0. The fraction of sp³-hybridized carbons (Fsp3) is 1.00. The molecule has 56 valence electrons. The van der Waals surface area contributed by atoms with Crippen molar-refractivity contribution in [2.24, 2.45) is 0 Å². The van der Waals surface area contributed by atoms with Gasteiger partial charge in [-0.15, -0.1) is 11.6 Å². The van der Waals surface area contributed by atoms with Crippen LogP contribution in [0.2, 0.25) is 0 Å². The van der Waals surface area contributed by atoms with E-state index in [2.05, 4.69) is 0 Å². The summed E-state index contributed by atoms with van der Waals surface area (Å²) in [6.45, 7) is 3.68. The second-order valence-corrected chi connectivity index (χ2v) is 3.34. The van der Waals surface area contributed by atoms with Crippen LogP contribution >= 0.6 is 11.6 Å². The van der Waals surface area contributed by atoms with Crippen molar-refractivity contribution in [1.82, 2.24) is 0 Å². The zero-order chi connectivity index (χ0) is 7.49. The van der Waals surface area contributed by atoms with E-state index >= 15 is 0 Å². The number of rotatable bonds is 3. The molecule has 0 spiro atoms.